The molecule has 0 aromatic carbocycles. The Labute approximate surface area is 147 Å². The van der Waals surface area contributed by atoms with Gasteiger partial charge in [0.1, 0.15) is 17.3 Å². The van der Waals surface area contributed by atoms with Crippen LogP contribution >= 0.6 is 0 Å². The standard InChI is InChI=1S/C18H24N6O/c1-12-11-16(22-17(20-12)13-3-4-13)24-9-6-14(7-10-24)21-18(25)15-5-8-19-23(15)2/h5,8,11,13-14H,3-4,6-7,9-10H2,1-2H3,(H,21,25). The Morgan fingerprint density at radius 2 is 1.96 bits per heavy atom. The largest absolute Gasteiger partial charge is 0.356 e. The summed E-state index contributed by atoms with van der Waals surface area (Å²) in [5.41, 5.74) is 1.64. The van der Waals surface area contributed by atoms with E-state index in [0.717, 1.165) is 43.3 Å². The maximum atomic E-state index is 12.3. The topological polar surface area (TPSA) is 75.9 Å². The lowest BCUT2D eigenvalue weighted by Crippen LogP contribution is -2.45. The van der Waals surface area contributed by atoms with Crippen molar-refractivity contribution in [2.24, 2.45) is 7.05 Å². The number of carbonyl (C=O) groups excluding carboxylic acids is 1. The van der Waals surface area contributed by atoms with Gasteiger partial charge in [0.25, 0.3) is 5.91 Å². The Bertz CT molecular complexity index is 774. The molecule has 0 bridgehead atoms. The number of hydrogen-bond donors (Lipinski definition) is 1. The number of rotatable bonds is 4. The van der Waals surface area contributed by atoms with Crippen LogP contribution in [0, 0.1) is 6.92 Å². The molecule has 4 rings (SSSR count). The summed E-state index contributed by atoms with van der Waals surface area (Å²) in [5, 5.41) is 7.18. The molecule has 2 aromatic heterocycles. The third-order valence-corrected chi connectivity index (χ3v) is 5.01. The third kappa shape index (κ3) is 3.50. The molecule has 1 aliphatic heterocycles. The highest BCUT2D eigenvalue weighted by molar-refractivity contribution is 5.92. The van der Waals surface area contributed by atoms with Gasteiger partial charge in [-0.25, -0.2) is 9.97 Å². The maximum absolute atomic E-state index is 12.3. The maximum Gasteiger partial charge on any atom is 0.269 e. The van der Waals surface area contributed by atoms with Crippen molar-refractivity contribution < 1.29 is 4.79 Å². The summed E-state index contributed by atoms with van der Waals surface area (Å²) < 4.78 is 1.60. The molecule has 2 fully saturated rings. The Kier molecular flexibility index (Phi) is 4.15. The van der Waals surface area contributed by atoms with Gasteiger partial charge in [-0.05, 0) is 38.7 Å². The number of aromatic nitrogens is 4. The van der Waals surface area contributed by atoms with E-state index in [-0.39, 0.29) is 11.9 Å². The molecule has 1 saturated carbocycles. The van der Waals surface area contributed by atoms with Gasteiger partial charge in [-0.3, -0.25) is 9.48 Å². The molecule has 1 saturated heterocycles. The van der Waals surface area contributed by atoms with Crippen molar-refractivity contribution in [1.82, 2.24) is 25.1 Å². The Balaban J connectivity index is 1.37. The first-order chi connectivity index (χ1) is 12.1. The van der Waals surface area contributed by atoms with E-state index in [1.807, 2.05) is 6.92 Å². The fourth-order valence-corrected chi connectivity index (χ4v) is 3.37. The van der Waals surface area contributed by atoms with Crippen molar-refractivity contribution in [3.63, 3.8) is 0 Å². The third-order valence-electron chi connectivity index (χ3n) is 5.01. The molecule has 0 atom stereocenters. The molecule has 1 aliphatic carbocycles. The predicted molar refractivity (Wildman–Crippen MR) is 94.7 cm³/mol. The molecular weight excluding hydrogens is 316 g/mol. The van der Waals surface area contributed by atoms with E-state index in [2.05, 4.69) is 26.4 Å². The van der Waals surface area contributed by atoms with Crippen LogP contribution in [0.15, 0.2) is 18.3 Å². The average Bonchev–Trinajstić information content (AvgIpc) is 3.36. The van der Waals surface area contributed by atoms with Crippen LogP contribution in [0.3, 0.4) is 0 Å². The lowest BCUT2D eigenvalue weighted by atomic mass is 10.0. The summed E-state index contributed by atoms with van der Waals surface area (Å²) in [6, 6.07) is 4.01. The van der Waals surface area contributed by atoms with Crippen molar-refractivity contribution in [3.8, 4) is 0 Å². The molecule has 7 nitrogen and oxygen atoms in total. The van der Waals surface area contributed by atoms with Gasteiger partial charge in [0, 0.05) is 50.1 Å². The molecular formula is C18H24N6O. The van der Waals surface area contributed by atoms with Crippen LogP contribution in [0.5, 0.6) is 0 Å². The minimum Gasteiger partial charge on any atom is -0.356 e. The number of aryl methyl sites for hydroxylation is 2. The van der Waals surface area contributed by atoms with Crippen LogP contribution in [0.1, 0.15) is 53.6 Å². The average molecular weight is 340 g/mol. The van der Waals surface area contributed by atoms with Crippen molar-refractivity contribution in [2.45, 2.75) is 44.6 Å². The molecule has 1 amide bonds. The lowest BCUT2D eigenvalue weighted by Gasteiger charge is -2.33. The van der Waals surface area contributed by atoms with Gasteiger partial charge in [0.05, 0.1) is 0 Å². The van der Waals surface area contributed by atoms with E-state index in [0.29, 0.717) is 11.6 Å². The van der Waals surface area contributed by atoms with Gasteiger partial charge < -0.3 is 10.2 Å². The first-order valence-electron chi connectivity index (χ1n) is 8.99. The minimum atomic E-state index is -0.0487. The second kappa shape index (κ2) is 6.46. The lowest BCUT2D eigenvalue weighted by molar-refractivity contribution is 0.0921. The van der Waals surface area contributed by atoms with Crippen LogP contribution in [0.2, 0.25) is 0 Å². The molecule has 0 unspecified atom stereocenters. The predicted octanol–water partition coefficient (Wildman–Crippen LogP) is 1.79. The number of anilines is 1. The van der Waals surface area contributed by atoms with Crippen LogP contribution < -0.4 is 10.2 Å². The molecule has 0 radical (unpaired) electrons. The number of nitrogens with one attached hydrogen (secondary N) is 1. The van der Waals surface area contributed by atoms with Gasteiger partial charge in [0.15, 0.2) is 0 Å². The van der Waals surface area contributed by atoms with E-state index in [4.69, 9.17) is 4.98 Å². The van der Waals surface area contributed by atoms with Gasteiger partial charge in [-0.2, -0.15) is 5.10 Å². The van der Waals surface area contributed by atoms with E-state index < -0.39 is 0 Å². The summed E-state index contributed by atoms with van der Waals surface area (Å²) >= 11 is 0. The van der Waals surface area contributed by atoms with Crippen molar-refractivity contribution in [3.05, 3.63) is 35.5 Å². The van der Waals surface area contributed by atoms with Crippen LogP contribution in [-0.4, -0.2) is 44.8 Å². The summed E-state index contributed by atoms with van der Waals surface area (Å²) in [5.74, 6) is 2.55. The Morgan fingerprint density at radius 3 is 2.60 bits per heavy atom. The number of nitrogens with zero attached hydrogens (tertiary/aromatic N) is 5. The minimum absolute atomic E-state index is 0.0487. The second-order valence-electron chi connectivity index (χ2n) is 7.07. The monoisotopic (exact) mass is 340 g/mol. The van der Waals surface area contributed by atoms with Crippen LogP contribution in [-0.2, 0) is 7.05 Å². The van der Waals surface area contributed by atoms with E-state index in [1.54, 1.807) is 24.0 Å². The Morgan fingerprint density at radius 1 is 1.20 bits per heavy atom. The van der Waals surface area contributed by atoms with E-state index in [1.165, 1.54) is 12.8 Å². The quantitative estimate of drug-likeness (QED) is 0.918. The molecule has 0 spiro atoms. The van der Waals surface area contributed by atoms with Gasteiger partial charge in [-0.15, -0.1) is 0 Å². The molecule has 7 heteroatoms. The van der Waals surface area contributed by atoms with Crippen molar-refractivity contribution in [1.29, 1.82) is 0 Å². The SMILES string of the molecule is Cc1cc(N2CCC(NC(=O)c3ccnn3C)CC2)nc(C2CC2)n1. The number of hydrogen-bond acceptors (Lipinski definition) is 5. The zero-order chi connectivity index (χ0) is 17.4. The van der Waals surface area contributed by atoms with E-state index >= 15 is 0 Å². The first kappa shape index (κ1) is 16.1. The number of piperidine rings is 1. The summed E-state index contributed by atoms with van der Waals surface area (Å²) in [6.07, 6.45) is 5.92. The second-order valence-corrected chi connectivity index (χ2v) is 7.07. The number of amides is 1. The molecule has 132 valence electrons. The molecule has 1 N–H and O–H groups in total. The van der Waals surface area contributed by atoms with Gasteiger partial charge in [0.2, 0.25) is 0 Å². The van der Waals surface area contributed by atoms with Gasteiger partial charge >= 0.3 is 0 Å². The first-order valence-corrected chi connectivity index (χ1v) is 8.99. The summed E-state index contributed by atoms with van der Waals surface area (Å²) in [4.78, 5) is 24.0. The molecule has 2 aliphatic rings. The fraction of sp³-hybridized carbons (Fsp3) is 0.556. The Hall–Kier alpha value is -2.44. The number of carbonyl (C=O) groups is 1. The molecule has 25 heavy (non-hydrogen) atoms. The molecule has 3 heterocycles. The molecule has 2 aromatic rings. The highest BCUT2D eigenvalue weighted by atomic mass is 16.2. The van der Waals surface area contributed by atoms with Crippen molar-refractivity contribution in [2.75, 3.05) is 18.0 Å². The van der Waals surface area contributed by atoms with E-state index in [9.17, 15) is 4.79 Å². The van der Waals surface area contributed by atoms with Crippen LogP contribution in [0.25, 0.3) is 0 Å². The zero-order valence-electron chi connectivity index (χ0n) is 14.8. The van der Waals surface area contributed by atoms with Crippen molar-refractivity contribution >= 4 is 11.7 Å². The summed E-state index contributed by atoms with van der Waals surface area (Å²) in [7, 11) is 1.78. The van der Waals surface area contributed by atoms with Crippen LogP contribution in [0.4, 0.5) is 5.82 Å². The normalized spacial score (nSPS) is 18.4. The van der Waals surface area contributed by atoms with Gasteiger partial charge in [-0.1, -0.05) is 0 Å². The highest BCUT2D eigenvalue weighted by Crippen LogP contribution is 2.38. The smallest absolute Gasteiger partial charge is 0.269 e. The highest BCUT2D eigenvalue weighted by Gasteiger charge is 2.28. The summed E-state index contributed by atoms with van der Waals surface area (Å²) in [6.45, 7) is 3.84. The fourth-order valence-electron chi connectivity index (χ4n) is 3.37. The zero-order valence-corrected chi connectivity index (χ0v) is 14.8.